The van der Waals surface area contributed by atoms with Gasteiger partial charge >= 0.3 is 0 Å². The van der Waals surface area contributed by atoms with E-state index in [0.29, 0.717) is 16.8 Å². The fourth-order valence-electron chi connectivity index (χ4n) is 1.32. The lowest BCUT2D eigenvalue weighted by molar-refractivity contribution is 1.50. The third-order valence-electron chi connectivity index (χ3n) is 2.01. The fraction of sp³-hybridized carbons (Fsp3) is 0. The summed E-state index contributed by atoms with van der Waals surface area (Å²) in [6.45, 7) is 0. The fourth-order valence-corrected chi connectivity index (χ4v) is 2.32. The lowest BCUT2D eigenvalue weighted by Gasteiger charge is -1.97. The summed E-state index contributed by atoms with van der Waals surface area (Å²) in [7, 11) is 0. The first-order valence-electron chi connectivity index (χ1n) is 3.88. The predicted molar refractivity (Wildman–Crippen MR) is 55.7 cm³/mol. The molecule has 4 heteroatoms. The molecule has 2 aromatic rings. The van der Waals surface area contributed by atoms with Gasteiger partial charge in [0, 0.05) is 10.8 Å². The van der Waals surface area contributed by atoms with E-state index in [1.165, 1.54) is 11.3 Å². The number of nitrogen functional groups attached to an aromatic ring is 1. The standard InChI is InChI=1S/C10H5N3S/c11-3-6-5-14-10-7(6)1-2-9(13)8(10)4-12/h1-2,5H,13H2. The molecule has 0 aliphatic rings. The molecule has 1 heterocycles. The van der Waals surface area contributed by atoms with Crippen molar-refractivity contribution in [2.45, 2.75) is 0 Å². The molecule has 14 heavy (non-hydrogen) atoms. The molecule has 1 aromatic heterocycles. The highest BCUT2D eigenvalue weighted by atomic mass is 32.1. The monoisotopic (exact) mass is 199 g/mol. The zero-order valence-electron chi connectivity index (χ0n) is 7.11. The van der Waals surface area contributed by atoms with Crippen molar-refractivity contribution in [3.63, 3.8) is 0 Å². The number of nitrogens with two attached hydrogens (primary N) is 1. The van der Waals surface area contributed by atoms with E-state index in [0.717, 1.165) is 10.1 Å². The third-order valence-corrected chi connectivity index (χ3v) is 3.02. The van der Waals surface area contributed by atoms with Crippen LogP contribution in [0.4, 0.5) is 5.69 Å². The Morgan fingerprint density at radius 2 is 2.00 bits per heavy atom. The smallest absolute Gasteiger partial charge is 0.103 e. The van der Waals surface area contributed by atoms with Crippen LogP contribution in [-0.4, -0.2) is 0 Å². The topological polar surface area (TPSA) is 73.6 Å². The third kappa shape index (κ3) is 1.02. The van der Waals surface area contributed by atoms with Gasteiger partial charge in [-0.05, 0) is 6.07 Å². The van der Waals surface area contributed by atoms with Crippen LogP contribution in [-0.2, 0) is 0 Å². The normalized spacial score (nSPS) is 9.57. The lowest BCUT2D eigenvalue weighted by atomic mass is 10.1. The van der Waals surface area contributed by atoms with Crippen LogP contribution in [0.5, 0.6) is 0 Å². The Morgan fingerprint density at radius 1 is 1.21 bits per heavy atom. The number of hydrogen-bond donors (Lipinski definition) is 1. The van der Waals surface area contributed by atoms with Crippen molar-refractivity contribution in [3.8, 4) is 12.1 Å². The largest absolute Gasteiger partial charge is 0.398 e. The molecule has 2 rings (SSSR count). The van der Waals surface area contributed by atoms with Crippen LogP contribution in [0.3, 0.4) is 0 Å². The van der Waals surface area contributed by atoms with E-state index in [2.05, 4.69) is 12.1 Å². The van der Waals surface area contributed by atoms with Crippen molar-refractivity contribution >= 4 is 27.1 Å². The predicted octanol–water partition coefficient (Wildman–Crippen LogP) is 2.23. The highest BCUT2D eigenvalue weighted by molar-refractivity contribution is 7.17. The molecule has 0 fully saturated rings. The Hall–Kier alpha value is -2.04. The zero-order valence-corrected chi connectivity index (χ0v) is 7.93. The quantitative estimate of drug-likeness (QED) is 0.661. The number of benzene rings is 1. The molecule has 0 unspecified atom stereocenters. The SMILES string of the molecule is N#Cc1csc2c(C#N)c(N)ccc12. The molecule has 0 bridgehead atoms. The molecule has 66 valence electrons. The maximum absolute atomic E-state index is 8.89. The van der Waals surface area contributed by atoms with Gasteiger partial charge in [0.15, 0.2) is 0 Å². The van der Waals surface area contributed by atoms with E-state index in [1.54, 1.807) is 17.5 Å². The van der Waals surface area contributed by atoms with E-state index in [-0.39, 0.29) is 0 Å². The molecular formula is C10H5N3S. The number of nitriles is 2. The molecule has 1 aromatic carbocycles. The first-order valence-corrected chi connectivity index (χ1v) is 4.75. The highest BCUT2D eigenvalue weighted by Crippen LogP contribution is 2.31. The molecule has 3 nitrogen and oxygen atoms in total. The van der Waals surface area contributed by atoms with Gasteiger partial charge in [-0.2, -0.15) is 10.5 Å². The summed E-state index contributed by atoms with van der Waals surface area (Å²) >= 11 is 1.38. The molecule has 0 spiro atoms. The van der Waals surface area contributed by atoms with Crippen LogP contribution in [0.25, 0.3) is 10.1 Å². The van der Waals surface area contributed by atoms with Gasteiger partial charge in [0.2, 0.25) is 0 Å². The van der Waals surface area contributed by atoms with Gasteiger partial charge < -0.3 is 5.73 Å². The first-order chi connectivity index (χ1) is 6.77. The summed E-state index contributed by atoms with van der Waals surface area (Å²) in [4.78, 5) is 0. The van der Waals surface area contributed by atoms with Crippen LogP contribution in [0.15, 0.2) is 17.5 Å². The van der Waals surface area contributed by atoms with Gasteiger partial charge in [0.1, 0.15) is 12.1 Å². The van der Waals surface area contributed by atoms with Crippen molar-refractivity contribution in [2.24, 2.45) is 0 Å². The molecule has 0 saturated carbocycles. The van der Waals surface area contributed by atoms with E-state index >= 15 is 0 Å². The average Bonchev–Trinajstić information content (AvgIpc) is 2.60. The van der Waals surface area contributed by atoms with Gasteiger partial charge in [0.05, 0.1) is 21.5 Å². The number of hydrogen-bond acceptors (Lipinski definition) is 4. The Bertz CT molecular complexity index is 584. The minimum Gasteiger partial charge on any atom is -0.398 e. The minimum atomic E-state index is 0.464. The molecule has 0 aliphatic heterocycles. The Kier molecular flexibility index (Phi) is 1.85. The number of nitrogens with zero attached hydrogens (tertiary/aromatic N) is 2. The highest BCUT2D eigenvalue weighted by Gasteiger charge is 2.09. The molecular weight excluding hydrogens is 194 g/mol. The van der Waals surface area contributed by atoms with Crippen molar-refractivity contribution in [1.82, 2.24) is 0 Å². The first kappa shape index (κ1) is 8.55. The second-order valence-electron chi connectivity index (χ2n) is 2.78. The van der Waals surface area contributed by atoms with Gasteiger partial charge in [-0.25, -0.2) is 0 Å². The molecule has 0 amide bonds. The molecule has 0 saturated heterocycles. The van der Waals surface area contributed by atoms with Crippen molar-refractivity contribution < 1.29 is 0 Å². The van der Waals surface area contributed by atoms with Crippen LogP contribution in [0, 0.1) is 22.7 Å². The number of fused-ring (bicyclic) bond motifs is 1. The molecule has 0 aliphatic carbocycles. The van der Waals surface area contributed by atoms with Crippen LogP contribution >= 0.6 is 11.3 Å². The number of anilines is 1. The van der Waals surface area contributed by atoms with E-state index < -0.39 is 0 Å². The van der Waals surface area contributed by atoms with Crippen LogP contribution < -0.4 is 5.73 Å². The van der Waals surface area contributed by atoms with Crippen molar-refractivity contribution in [3.05, 3.63) is 28.6 Å². The van der Waals surface area contributed by atoms with Gasteiger partial charge in [-0.15, -0.1) is 11.3 Å². The molecule has 0 atom stereocenters. The van der Waals surface area contributed by atoms with E-state index in [4.69, 9.17) is 16.3 Å². The van der Waals surface area contributed by atoms with Crippen molar-refractivity contribution in [1.29, 1.82) is 10.5 Å². The molecule has 2 N–H and O–H groups in total. The van der Waals surface area contributed by atoms with Gasteiger partial charge in [-0.3, -0.25) is 0 Å². The average molecular weight is 199 g/mol. The summed E-state index contributed by atoms with van der Waals surface area (Å²) in [5, 5.41) is 20.2. The summed E-state index contributed by atoms with van der Waals surface area (Å²) in [5.41, 5.74) is 7.18. The van der Waals surface area contributed by atoms with E-state index in [9.17, 15) is 0 Å². The second kappa shape index (κ2) is 3.02. The number of thiophene rings is 1. The summed E-state index contributed by atoms with van der Waals surface area (Å²) in [6.07, 6.45) is 0. The number of rotatable bonds is 0. The minimum absolute atomic E-state index is 0.464. The van der Waals surface area contributed by atoms with Gasteiger partial charge in [-0.1, -0.05) is 6.07 Å². The maximum Gasteiger partial charge on any atom is 0.103 e. The van der Waals surface area contributed by atoms with Crippen molar-refractivity contribution in [2.75, 3.05) is 5.73 Å². The van der Waals surface area contributed by atoms with Crippen LogP contribution in [0.2, 0.25) is 0 Å². The molecule has 0 radical (unpaired) electrons. The summed E-state index contributed by atoms with van der Waals surface area (Å²) in [5.74, 6) is 0. The Balaban J connectivity index is 2.94. The maximum atomic E-state index is 8.89. The lowest BCUT2D eigenvalue weighted by Crippen LogP contribution is -1.89. The summed E-state index contributed by atoms with van der Waals surface area (Å²) < 4.78 is 0.795. The Morgan fingerprint density at radius 3 is 2.64 bits per heavy atom. The second-order valence-corrected chi connectivity index (χ2v) is 3.66. The Labute approximate surface area is 84.6 Å². The van der Waals surface area contributed by atoms with Gasteiger partial charge in [0.25, 0.3) is 0 Å². The zero-order chi connectivity index (χ0) is 10.1. The van der Waals surface area contributed by atoms with E-state index in [1.807, 2.05) is 0 Å². The summed E-state index contributed by atoms with van der Waals surface area (Å²) in [6, 6.07) is 7.57. The van der Waals surface area contributed by atoms with Crippen LogP contribution in [0.1, 0.15) is 11.1 Å².